The molecule has 17 heavy (non-hydrogen) atoms. The number of aryl methyl sites for hydroxylation is 1. The molecule has 1 atom stereocenters. The molecule has 2 rings (SSSR count). The molecule has 1 aromatic carbocycles. The van der Waals surface area contributed by atoms with Crippen LogP contribution >= 0.6 is 43.2 Å². The Kier molecular flexibility index (Phi) is 4.42. The van der Waals surface area contributed by atoms with Crippen molar-refractivity contribution in [1.82, 2.24) is 0 Å². The van der Waals surface area contributed by atoms with E-state index in [1.807, 2.05) is 37.3 Å². The van der Waals surface area contributed by atoms with Crippen LogP contribution < -0.4 is 0 Å². The molecule has 1 unspecified atom stereocenters. The van der Waals surface area contributed by atoms with Gasteiger partial charge in [0.25, 0.3) is 0 Å². The van der Waals surface area contributed by atoms with Crippen LogP contribution in [0.2, 0.25) is 0 Å². The minimum Gasteiger partial charge on any atom is -0.388 e. The van der Waals surface area contributed by atoms with Crippen molar-refractivity contribution in [2.75, 3.05) is 0 Å². The fourth-order valence-electron chi connectivity index (χ4n) is 1.73. The normalized spacial score (nSPS) is 12.7. The third-order valence-corrected chi connectivity index (χ3v) is 4.58. The third-order valence-electron chi connectivity index (χ3n) is 2.47. The highest BCUT2D eigenvalue weighted by atomic mass is 79.9. The van der Waals surface area contributed by atoms with Crippen molar-refractivity contribution in [3.05, 3.63) is 54.6 Å². The first kappa shape index (κ1) is 13.3. The van der Waals surface area contributed by atoms with Gasteiger partial charge < -0.3 is 5.11 Å². The predicted octanol–water partition coefficient (Wildman–Crippen LogP) is 4.86. The van der Waals surface area contributed by atoms with Crippen LogP contribution in [0, 0.1) is 6.92 Å². The zero-order valence-corrected chi connectivity index (χ0v) is 13.3. The molecule has 1 nitrogen and oxygen atoms in total. The van der Waals surface area contributed by atoms with Crippen molar-refractivity contribution < 1.29 is 5.11 Å². The van der Waals surface area contributed by atoms with E-state index in [9.17, 15) is 5.11 Å². The number of rotatable bonds is 3. The Morgan fingerprint density at radius 2 is 2.00 bits per heavy atom. The number of aliphatic hydroxyl groups excluding tert-OH is 1. The molecule has 0 saturated carbocycles. The van der Waals surface area contributed by atoms with E-state index < -0.39 is 6.10 Å². The standard InChI is InChI=1S/C13H12Br2OS/c1-8-4-9(6-10(14)5-8)12(16)7-11-2-3-13(15)17-11/h2-6,12,16H,7H2,1H3. The minimum absolute atomic E-state index is 0.447. The van der Waals surface area contributed by atoms with E-state index in [0.29, 0.717) is 6.42 Å². The molecule has 90 valence electrons. The van der Waals surface area contributed by atoms with Crippen LogP contribution in [0.15, 0.2) is 38.6 Å². The van der Waals surface area contributed by atoms with Crippen LogP contribution in [0.1, 0.15) is 22.1 Å². The van der Waals surface area contributed by atoms with Crippen LogP contribution in [0.3, 0.4) is 0 Å². The first-order valence-electron chi connectivity index (χ1n) is 5.24. The summed E-state index contributed by atoms with van der Waals surface area (Å²) in [5.74, 6) is 0. The number of hydrogen-bond acceptors (Lipinski definition) is 2. The molecule has 0 radical (unpaired) electrons. The van der Waals surface area contributed by atoms with Gasteiger partial charge in [0.2, 0.25) is 0 Å². The molecule has 0 saturated heterocycles. The van der Waals surface area contributed by atoms with Crippen molar-refractivity contribution in [1.29, 1.82) is 0 Å². The molecule has 0 spiro atoms. The summed E-state index contributed by atoms with van der Waals surface area (Å²) in [6.07, 6.45) is 0.211. The van der Waals surface area contributed by atoms with E-state index in [2.05, 4.69) is 31.9 Å². The SMILES string of the molecule is Cc1cc(Br)cc(C(O)Cc2ccc(Br)s2)c1. The number of hydrogen-bond donors (Lipinski definition) is 1. The van der Waals surface area contributed by atoms with Gasteiger partial charge in [0.05, 0.1) is 9.89 Å². The Labute approximate surface area is 122 Å². The lowest BCUT2D eigenvalue weighted by molar-refractivity contribution is 0.179. The number of thiophene rings is 1. The summed E-state index contributed by atoms with van der Waals surface area (Å²) in [7, 11) is 0. The van der Waals surface area contributed by atoms with E-state index in [-0.39, 0.29) is 0 Å². The second-order valence-electron chi connectivity index (χ2n) is 3.99. The van der Waals surface area contributed by atoms with Gasteiger partial charge in [-0.15, -0.1) is 11.3 Å². The Morgan fingerprint density at radius 3 is 2.59 bits per heavy atom. The lowest BCUT2D eigenvalue weighted by Gasteiger charge is -2.11. The summed E-state index contributed by atoms with van der Waals surface area (Å²) in [5, 5.41) is 10.2. The Morgan fingerprint density at radius 1 is 1.24 bits per heavy atom. The van der Waals surface area contributed by atoms with Gasteiger partial charge in [-0.25, -0.2) is 0 Å². The van der Waals surface area contributed by atoms with Gasteiger partial charge in [-0.3, -0.25) is 0 Å². The van der Waals surface area contributed by atoms with E-state index in [1.165, 1.54) is 4.88 Å². The van der Waals surface area contributed by atoms with Gasteiger partial charge in [0.1, 0.15) is 0 Å². The van der Waals surface area contributed by atoms with E-state index in [1.54, 1.807) is 11.3 Å². The van der Waals surface area contributed by atoms with Crippen LogP contribution in [0.4, 0.5) is 0 Å². The maximum atomic E-state index is 10.2. The Bertz CT molecular complexity index is 502. The second-order valence-corrected chi connectivity index (χ2v) is 7.45. The first-order chi connectivity index (χ1) is 8.04. The third kappa shape index (κ3) is 3.65. The number of aliphatic hydroxyl groups is 1. The molecule has 1 aromatic heterocycles. The molecule has 0 amide bonds. The van der Waals surface area contributed by atoms with Gasteiger partial charge >= 0.3 is 0 Å². The fraction of sp³-hybridized carbons (Fsp3) is 0.231. The van der Waals surface area contributed by atoms with Crippen LogP contribution in [-0.4, -0.2) is 5.11 Å². The molecule has 1 heterocycles. The van der Waals surface area contributed by atoms with Gasteiger partial charge in [-0.1, -0.05) is 22.0 Å². The highest BCUT2D eigenvalue weighted by Gasteiger charge is 2.11. The molecular weight excluding hydrogens is 364 g/mol. The molecule has 0 bridgehead atoms. The quantitative estimate of drug-likeness (QED) is 0.812. The summed E-state index contributed by atoms with van der Waals surface area (Å²) < 4.78 is 2.11. The van der Waals surface area contributed by atoms with Crippen molar-refractivity contribution in [3.63, 3.8) is 0 Å². The van der Waals surface area contributed by atoms with Gasteiger partial charge in [-0.2, -0.15) is 0 Å². The summed E-state index contributed by atoms with van der Waals surface area (Å²) in [6.45, 7) is 2.03. The Balaban J connectivity index is 2.16. The first-order valence-corrected chi connectivity index (χ1v) is 7.64. The molecule has 0 aliphatic rings. The lowest BCUT2D eigenvalue weighted by atomic mass is 10.0. The lowest BCUT2D eigenvalue weighted by Crippen LogP contribution is -2.00. The van der Waals surface area contributed by atoms with Crippen molar-refractivity contribution in [3.8, 4) is 0 Å². The predicted molar refractivity (Wildman–Crippen MR) is 79.6 cm³/mol. The topological polar surface area (TPSA) is 20.2 Å². The molecule has 0 aliphatic carbocycles. The van der Waals surface area contributed by atoms with Crippen LogP contribution in [0.5, 0.6) is 0 Å². The van der Waals surface area contributed by atoms with Crippen molar-refractivity contribution in [2.45, 2.75) is 19.4 Å². The molecule has 1 N–H and O–H groups in total. The van der Waals surface area contributed by atoms with Crippen molar-refractivity contribution >= 4 is 43.2 Å². The second kappa shape index (κ2) is 5.65. The maximum Gasteiger partial charge on any atom is 0.0838 e. The monoisotopic (exact) mass is 374 g/mol. The summed E-state index contributed by atoms with van der Waals surface area (Å²) >= 11 is 8.55. The van der Waals surface area contributed by atoms with Crippen LogP contribution in [-0.2, 0) is 6.42 Å². The van der Waals surface area contributed by atoms with Gasteiger partial charge in [-0.05, 0) is 58.2 Å². The molecular formula is C13H12Br2OS. The largest absolute Gasteiger partial charge is 0.388 e. The van der Waals surface area contributed by atoms with Crippen LogP contribution in [0.25, 0.3) is 0 Å². The number of halogens is 2. The number of benzene rings is 1. The molecule has 4 heteroatoms. The average Bonchev–Trinajstić information content (AvgIpc) is 2.62. The van der Waals surface area contributed by atoms with Crippen molar-refractivity contribution in [2.24, 2.45) is 0 Å². The zero-order valence-electron chi connectivity index (χ0n) is 9.28. The molecule has 0 aliphatic heterocycles. The smallest absolute Gasteiger partial charge is 0.0838 e. The summed E-state index contributed by atoms with van der Waals surface area (Å²) in [4.78, 5) is 1.18. The molecule has 2 aromatic rings. The summed E-state index contributed by atoms with van der Waals surface area (Å²) in [5.41, 5.74) is 2.11. The fourth-order valence-corrected chi connectivity index (χ4v) is 3.87. The highest BCUT2D eigenvalue weighted by Crippen LogP contribution is 2.28. The van der Waals surface area contributed by atoms with E-state index in [0.717, 1.165) is 19.4 Å². The Hall–Kier alpha value is -0.160. The van der Waals surface area contributed by atoms with Gasteiger partial charge in [0, 0.05) is 15.8 Å². The molecule has 0 fully saturated rings. The zero-order chi connectivity index (χ0) is 12.4. The minimum atomic E-state index is -0.447. The highest BCUT2D eigenvalue weighted by molar-refractivity contribution is 9.11. The van der Waals surface area contributed by atoms with E-state index >= 15 is 0 Å². The van der Waals surface area contributed by atoms with E-state index in [4.69, 9.17) is 0 Å². The average molecular weight is 376 g/mol. The summed E-state index contributed by atoms with van der Waals surface area (Å²) in [6, 6.07) is 10.1. The maximum absolute atomic E-state index is 10.2. The van der Waals surface area contributed by atoms with Gasteiger partial charge in [0.15, 0.2) is 0 Å².